The van der Waals surface area contributed by atoms with Crippen LogP contribution in [0.25, 0.3) is 10.8 Å². The van der Waals surface area contributed by atoms with Crippen molar-refractivity contribution in [2.75, 3.05) is 13.1 Å². The van der Waals surface area contributed by atoms with Gasteiger partial charge in [-0.1, -0.05) is 66.2 Å². The van der Waals surface area contributed by atoms with Gasteiger partial charge in [-0.3, -0.25) is 9.59 Å². The SMILES string of the molecule is CCCCC(CC)CNC(=O)c1c(Br)c(Br)c(C(=O)NCC(CC)CCCC)c2c(C(=O)O)c(Br)c(Br)c(C(=O)O)c12. The minimum Gasteiger partial charge on any atom is -0.478 e. The van der Waals surface area contributed by atoms with Crippen LogP contribution < -0.4 is 10.6 Å². The van der Waals surface area contributed by atoms with E-state index in [1.165, 1.54) is 0 Å². The van der Waals surface area contributed by atoms with Gasteiger partial charge < -0.3 is 20.8 Å². The molecule has 8 nitrogen and oxygen atoms in total. The molecule has 0 saturated heterocycles. The van der Waals surface area contributed by atoms with Gasteiger partial charge in [-0.05, 0) is 88.4 Å². The van der Waals surface area contributed by atoms with Crippen molar-refractivity contribution >= 4 is 98.2 Å². The fourth-order valence-corrected chi connectivity index (χ4v) is 7.28. The normalized spacial score (nSPS) is 12.7. The molecule has 0 aliphatic heterocycles. The number of carbonyl (C=O) groups is 4. The summed E-state index contributed by atoms with van der Waals surface area (Å²) in [6.45, 7) is 9.02. The molecule has 2 rings (SSSR count). The Kier molecular flexibility index (Phi) is 14.9. The van der Waals surface area contributed by atoms with E-state index in [0.29, 0.717) is 13.1 Å². The predicted octanol–water partition coefficient (Wildman–Crippen LogP) is 9.18. The molecule has 4 N–H and O–H groups in total. The zero-order chi connectivity index (χ0) is 31.7. The maximum atomic E-state index is 13.8. The molecule has 0 saturated carbocycles. The number of aromatic carboxylic acids is 2. The summed E-state index contributed by atoms with van der Waals surface area (Å²) in [6, 6.07) is 0. The number of rotatable bonds is 16. The van der Waals surface area contributed by atoms with E-state index in [4.69, 9.17) is 0 Å². The van der Waals surface area contributed by atoms with Gasteiger partial charge in [-0.15, -0.1) is 0 Å². The van der Waals surface area contributed by atoms with E-state index in [1.54, 1.807) is 0 Å². The molecular weight excluding hydrogens is 804 g/mol. The molecule has 0 spiro atoms. The first-order valence-corrected chi connectivity index (χ1v) is 17.4. The van der Waals surface area contributed by atoms with Crippen molar-refractivity contribution in [2.45, 2.75) is 79.1 Å². The van der Waals surface area contributed by atoms with E-state index in [9.17, 15) is 29.4 Å². The largest absolute Gasteiger partial charge is 0.478 e. The lowest BCUT2D eigenvalue weighted by molar-refractivity contribution is 0.0682. The molecule has 0 radical (unpaired) electrons. The van der Waals surface area contributed by atoms with Gasteiger partial charge in [0, 0.05) is 41.8 Å². The van der Waals surface area contributed by atoms with Gasteiger partial charge in [0.2, 0.25) is 0 Å². The molecular formula is C30H38Br4N2O6. The highest BCUT2D eigenvalue weighted by molar-refractivity contribution is 9.13. The summed E-state index contributed by atoms with van der Waals surface area (Å²) in [5, 5.41) is 26.2. The van der Waals surface area contributed by atoms with E-state index < -0.39 is 23.8 Å². The van der Waals surface area contributed by atoms with Crippen molar-refractivity contribution in [3.63, 3.8) is 0 Å². The Morgan fingerprint density at radius 2 is 0.905 bits per heavy atom. The quantitative estimate of drug-likeness (QED) is 0.133. The van der Waals surface area contributed by atoms with Gasteiger partial charge in [0.25, 0.3) is 11.8 Å². The van der Waals surface area contributed by atoms with Crippen molar-refractivity contribution in [3.05, 3.63) is 40.1 Å². The third kappa shape index (κ3) is 8.35. The van der Waals surface area contributed by atoms with Gasteiger partial charge in [0.05, 0.1) is 22.3 Å². The van der Waals surface area contributed by atoms with Gasteiger partial charge in [-0.2, -0.15) is 0 Å². The molecule has 0 bridgehead atoms. The number of carboxylic acids is 2. The third-order valence-electron chi connectivity index (χ3n) is 7.58. The Hall–Kier alpha value is -1.50. The van der Waals surface area contributed by atoms with Crippen LogP contribution in [0, 0.1) is 11.8 Å². The van der Waals surface area contributed by atoms with Crippen LogP contribution in [0.3, 0.4) is 0 Å². The average molecular weight is 842 g/mol. The fraction of sp³-hybridized carbons (Fsp3) is 0.533. The Balaban J connectivity index is 2.89. The number of unbranched alkanes of at least 4 members (excludes halogenated alkanes) is 2. The minimum atomic E-state index is -1.39. The highest BCUT2D eigenvalue weighted by Crippen LogP contribution is 2.46. The highest BCUT2D eigenvalue weighted by atomic mass is 79.9. The maximum absolute atomic E-state index is 13.8. The number of benzene rings is 2. The maximum Gasteiger partial charge on any atom is 0.337 e. The van der Waals surface area contributed by atoms with Crippen LogP contribution in [0.2, 0.25) is 0 Å². The molecule has 2 aromatic carbocycles. The number of nitrogens with one attached hydrogen (secondary N) is 2. The summed E-state index contributed by atoms with van der Waals surface area (Å²) in [7, 11) is 0. The second kappa shape index (κ2) is 17.1. The first kappa shape index (κ1) is 36.7. The number of hydrogen-bond acceptors (Lipinski definition) is 4. The lowest BCUT2D eigenvalue weighted by atomic mass is 9.90. The molecule has 0 aromatic heterocycles. The van der Waals surface area contributed by atoms with Crippen LogP contribution in [-0.4, -0.2) is 47.1 Å². The lowest BCUT2D eigenvalue weighted by Crippen LogP contribution is -2.32. The number of carboxylic acid groups (broad SMARTS) is 2. The molecule has 2 unspecified atom stereocenters. The molecule has 0 heterocycles. The second-order valence-electron chi connectivity index (χ2n) is 10.4. The van der Waals surface area contributed by atoms with Gasteiger partial charge in [-0.25, -0.2) is 9.59 Å². The number of amides is 2. The number of fused-ring (bicyclic) bond motifs is 1. The zero-order valence-corrected chi connectivity index (χ0v) is 30.6. The predicted molar refractivity (Wildman–Crippen MR) is 180 cm³/mol. The molecule has 2 atom stereocenters. The zero-order valence-electron chi connectivity index (χ0n) is 24.3. The van der Waals surface area contributed by atoms with Crippen LogP contribution in [0.1, 0.15) is 120 Å². The van der Waals surface area contributed by atoms with Crippen LogP contribution >= 0.6 is 63.7 Å². The number of halogens is 4. The summed E-state index contributed by atoms with van der Waals surface area (Å²) < 4.78 is 0.222. The summed E-state index contributed by atoms with van der Waals surface area (Å²) >= 11 is 13.4. The van der Waals surface area contributed by atoms with Crippen molar-refractivity contribution < 1.29 is 29.4 Å². The van der Waals surface area contributed by atoms with Crippen LogP contribution in [-0.2, 0) is 0 Å². The second-order valence-corrected chi connectivity index (χ2v) is 13.5. The van der Waals surface area contributed by atoms with E-state index >= 15 is 0 Å². The Labute approximate surface area is 280 Å². The molecule has 0 aliphatic rings. The topological polar surface area (TPSA) is 133 Å². The Bertz CT molecular complexity index is 1250. The molecule has 12 heteroatoms. The third-order valence-corrected chi connectivity index (χ3v) is 11.8. The van der Waals surface area contributed by atoms with E-state index in [1.807, 2.05) is 13.8 Å². The smallest absolute Gasteiger partial charge is 0.337 e. The van der Waals surface area contributed by atoms with Gasteiger partial charge >= 0.3 is 11.9 Å². The number of hydrogen-bond donors (Lipinski definition) is 4. The first-order valence-electron chi connectivity index (χ1n) is 14.3. The van der Waals surface area contributed by atoms with Crippen molar-refractivity contribution in [3.8, 4) is 0 Å². The minimum absolute atomic E-state index is 0.0467. The molecule has 2 amide bonds. The van der Waals surface area contributed by atoms with Crippen LogP contribution in [0.4, 0.5) is 0 Å². The van der Waals surface area contributed by atoms with Crippen molar-refractivity contribution in [1.29, 1.82) is 0 Å². The van der Waals surface area contributed by atoms with Gasteiger partial charge in [0.15, 0.2) is 0 Å². The standard InChI is InChI=1S/C30H38Br4N2O6/c1-5-9-11-15(7-3)13-35-27(37)19-17-18(22(30(41)42)26(34)25(33)21(17)29(39)40)20(24(32)23(19)31)28(38)36-14-16(8-4)12-10-6-2/h15-16H,5-14H2,1-4H3,(H,35,37)(H,36,38)(H,39,40)(H,41,42). The summed E-state index contributed by atoms with van der Waals surface area (Å²) in [5.41, 5.74) is -0.800. The molecule has 2 aromatic rings. The average Bonchev–Trinajstić information content (AvgIpc) is 2.94. The summed E-state index contributed by atoms with van der Waals surface area (Å²) in [6.07, 6.45) is 7.64. The molecule has 0 aliphatic carbocycles. The van der Waals surface area contributed by atoms with Crippen molar-refractivity contribution in [2.24, 2.45) is 11.8 Å². The Morgan fingerprint density at radius 1 is 0.595 bits per heavy atom. The summed E-state index contributed by atoms with van der Waals surface area (Å²) in [4.78, 5) is 52.9. The molecule has 0 fully saturated rings. The Morgan fingerprint density at radius 3 is 1.17 bits per heavy atom. The van der Waals surface area contributed by atoms with Crippen molar-refractivity contribution in [1.82, 2.24) is 10.6 Å². The van der Waals surface area contributed by atoms with E-state index in [2.05, 4.69) is 88.2 Å². The fourth-order valence-electron chi connectivity index (χ4n) is 4.99. The molecule has 42 heavy (non-hydrogen) atoms. The van der Waals surface area contributed by atoms with Crippen LogP contribution in [0.5, 0.6) is 0 Å². The van der Waals surface area contributed by atoms with E-state index in [-0.39, 0.29) is 62.8 Å². The van der Waals surface area contributed by atoms with E-state index in [0.717, 1.165) is 51.4 Å². The van der Waals surface area contributed by atoms with Gasteiger partial charge in [0.1, 0.15) is 0 Å². The lowest BCUT2D eigenvalue weighted by Gasteiger charge is -2.22. The monoisotopic (exact) mass is 838 g/mol. The first-order chi connectivity index (χ1) is 19.9. The van der Waals surface area contributed by atoms with Crippen LogP contribution in [0.15, 0.2) is 17.9 Å². The number of carbonyl (C=O) groups excluding carboxylic acids is 2. The highest BCUT2D eigenvalue weighted by Gasteiger charge is 2.34. The summed E-state index contributed by atoms with van der Waals surface area (Å²) in [5.74, 6) is -3.48. The molecule has 232 valence electrons.